The lowest BCUT2D eigenvalue weighted by Crippen LogP contribution is -2.38. The van der Waals surface area contributed by atoms with Crippen LogP contribution in [0.4, 0.5) is 0 Å². The Hall–Kier alpha value is -3.90. The van der Waals surface area contributed by atoms with Gasteiger partial charge in [0.15, 0.2) is 16.3 Å². The average molecular weight is 467 g/mol. The number of aromatic hydroxyl groups is 1. The number of thiazole rings is 1. The number of nitrogens with zero attached hydrogens (tertiary/aromatic N) is 2. The Kier molecular flexibility index (Phi) is 4.96. The molecule has 6 rings (SSSR count). The molecule has 6 heteroatoms. The van der Waals surface area contributed by atoms with Gasteiger partial charge >= 0.3 is 0 Å². The summed E-state index contributed by atoms with van der Waals surface area (Å²) in [6.45, 7) is 0. The summed E-state index contributed by atoms with van der Waals surface area (Å²) < 4.78 is 7.67. The monoisotopic (exact) mass is 466 g/mol. The van der Waals surface area contributed by atoms with Gasteiger partial charge < -0.3 is 9.84 Å². The summed E-state index contributed by atoms with van der Waals surface area (Å²) in [5.74, 6) is 0.437. The zero-order chi connectivity index (χ0) is 23.2. The predicted molar refractivity (Wildman–Crippen MR) is 134 cm³/mol. The van der Waals surface area contributed by atoms with E-state index in [0.29, 0.717) is 15.1 Å². The minimum atomic E-state index is -0.183. The van der Waals surface area contributed by atoms with E-state index in [4.69, 9.17) is 9.73 Å². The molecule has 0 spiro atoms. The number of methoxy groups -OCH3 is 1. The highest BCUT2D eigenvalue weighted by Gasteiger charge is 2.32. The van der Waals surface area contributed by atoms with Crippen LogP contribution in [0, 0.1) is 0 Å². The summed E-state index contributed by atoms with van der Waals surface area (Å²) in [5.41, 5.74) is 6.45. The van der Waals surface area contributed by atoms with Gasteiger partial charge in [-0.2, -0.15) is 0 Å². The second-order valence-corrected chi connectivity index (χ2v) is 9.46. The van der Waals surface area contributed by atoms with E-state index in [0.717, 1.165) is 35.2 Å². The number of phenolic OH excluding ortho intramolecular Hbond substituents is 1. The van der Waals surface area contributed by atoms with Crippen LogP contribution in [0.1, 0.15) is 34.7 Å². The van der Waals surface area contributed by atoms with Crippen LogP contribution in [0.15, 0.2) is 88.2 Å². The van der Waals surface area contributed by atoms with E-state index < -0.39 is 0 Å². The molecule has 1 aromatic heterocycles. The first kappa shape index (κ1) is 20.7. The molecule has 2 aliphatic rings. The van der Waals surface area contributed by atoms with Crippen molar-refractivity contribution in [3.8, 4) is 11.5 Å². The van der Waals surface area contributed by atoms with Crippen LogP contribution in [0.2, 0.25) is 0 Å². The average Bonchev–Trinajstić information content (AvgIpc) is 3.18. The molecule has 0 radical (unpaired) electrons. The van der Waals surface area contributed by atoms with Gasteiger partial charge in [-0.25, -0.2) is 4.99 Å². The molecule has 1 aliphatic carbocycles. The maximum Gasteiger partial charge on any atom is 0.271 e. The molecule has 34 heavy (non-hydrogen) atoms. The molecule has 3 aromatic carbocycles. The topological polar surface area (TPSA) is 63.8 Å². The molecule has 5 nitrogen and oxygen atoms in total. The van der Waals surface area contributed by atoms with Crippen LogP contribution in [-0.2, 0) is 6.42 Å². The molecule has 0 amide bonds. The van der Waals surface area contributed by atoms with E-state index in [-0.39, 0.29) is 17.4 Å². The normalized spacial score (nSPS) is 17.0. The lowest BCUT2D eigenvalue weighted by atomic mass is 9.83. The van der Waals surface area contributed by atoms with Crippen LogP contribution in [0.25, 0.3) is 11.8 Å². The third-order valence-corrected chi connectivity index (χ3v) is 7.47. The van der Waals surface area contributed by atoms with Crippen molar-refractivity contribution in [2.24, 2.45) is 4.99 Å². The van der Waals surface area contributed by atoms with Crippen molar-refractivity contribution < 1.29 is 9.84 Å². The highest BCUT2D eigenvalue weighted by atomic mass is 32.1. The van der Waals surface area contributed by atoms with Crippen molar-refractivity contribution in [1.82, 2.24) is 4.57 Å². The molecule has 2 heterocycles. The van der Waals surface area contributed by atoms with Crippen LogP contribution in [0.3, 0.4) is 0 Å². The van der Waals surface area contributed by atoms with E-state index in [2.05, 4.69) is 36.4 Å². The molecule has 0 unspecified atom stereocenters. The largest absolute Gasteiger partial charge is 0.504 e. The van der Waals surface area contributed by atoms with E-state index >= 15 is 0 Å². The number of ether oxygens (including phenoxy) is 1. The van der Waals surface area contributed by atoms with Gasteiger partial charge in [0.1, 0.15) is 0 Å². The second-order valence-electron chi connectivity index (χ2n) is 8.46. The van der Waals surface area contributed by atoms with Crippen LogP contribution >= 0.6 is 11.3 Å². The van der Waals surface area contributed by atoms with Crippen molar-refractivity contribution in [3.05, 3.63) is 120 Å². The maximum absolute atomic E-state index is 13.7. The molecule has 1 atom stereocenters. The Morgan fingerprint density at radius 3 is 2.68 bits per heavy atom. The molecule has 0 bridgehead atoms. The number of benzene rings is 3. The number of fused-ring (bicyclic) bond motifs is 3. The van der Waals surface area contributed by atoms with Crippen molar-refractivity contribution in [2.75, 3.05) is 7.11 Å². The number of hydrogen-bond donors (Lipinski definition) is 1. The van der Waals surface area contributed by atoms with Gasteiger partial charge in [-0.05, 0) is 53.3 Å². The highest BCUT2D eigenvalue weighted by Crippen LogP contribution is 2.41. The second kappa shape index (κ2) is 8.15. The Morgan fingerprint density at radius 1 is 1.06 bits per heavy atom. The van der Waals surface area contributed by atoms with Crippen LogP contribution in [0.5, 0.6) is 11.5 Å². The van der Waals surface area contributed by atoms with Crippen LogP contribution in [-0.4, -0.2) is 16.8 Å². The first-order chi connectivity index (χ1) is 16.6. The fourth-order valence-electron chi connectivity index (χ4n) is 4.89. The number of allylic oxidation sites excluding steroid dienone is 1. The summed E-state index contributed by atoms with van der Waals surface area (Å²) in [6.07, 6.45) is 3.64. The van der Waals surface area contributed by atoms with Gasteiger partial charge in [-0.1, -0.05) is 72.0 Å². The number of phenols is 1. The van der Waals surface area contributed by atoms with Gasteiger partial charge in [-0.3, -0.25) is 9.36 Å². The third-order valence-electron chi connectivity index (χ3n) is 6.49. The molecule has 168 valence electrons. The van der Waals surface area contributed by atoms with Crippen molar-refractivity contribution >= 4 is 23.1 Å². The fourth-order valence-corrected chi connectivity index (χ4v) is 5.89. The van der Waals surface area contributed by atoms with Gasteiger partial charge in [-0.15, -0.1) is 0 Å². The molecule has 0 saturated carbocycles. The van der Waals surface area contributed by atoms with Gasteiger partial charge in [0.25, 0.3) is 5.56 Å². The first-order valence-corrected chi connectivity index (χ1v) is 12.0. The zero-order valence-electron chi connectivity index (χ0n) is 18.6. The Morgan fingerprint density at radius 2 is 1.85 bits per heavy atom. The zero-order valence-corrected chi connectivity index (χ0v) is 19.4. The molecular formula is C28H22N2O3S. The van der Waals surface area contributed by atoms with E-state index in [1.807, 2.05) is 28.8 Å². The standard InChI is InChI=1S/C28H22N2O3S/c1-33-23-15-17(11-14-22(23)31)16-24-27(32)30-26(19-8-3-2-4-9-19)21-13-12-18-7-5-6-10-20(18)25(21)29-28(30)34-24/h2-11,14-16,26,31H,12-13H2,1H3/b24-16-/t26-/m1/s1. The maximum atomic E-state index is 13.7. The predicted octanol–water partition coefficient (Wildman–Crippen LogP) is 4.03. The molecular weight excluding hydrogens is 444 g/mol. The smallest absolute Gasteiger partial charge is 0.271 e. The Balaban J connectivity index is 1.60. The lowest BCUT2D eigenvalue weighted by molar-refractivity contribution is 0.373. The summed E-state index contributed by atoms with van der Waals surface area (Å²) in [7, 11) is 1.51. The quantitative estimate of drug-likeness (QED) is 0.496. The molecule has 1 N–H and O–H groups in total. The minimum absolute atomic E-state index is 0.0601. The Bertz CT molecular complexity index is 1630. The Labute approximate surface area is 200 Å². The van der Waals surface area contributed by atoms with Crippen LogP contribution < -0.4 is 19.6 Å². The molecule has 1 aliphatic heterocycles. The third kappa shape index (κ3) is 3.30. The number of aryl methyl sites for hydroxylation is 1. The summed E-state index contributed by atoms with van der Waals surface area (Å²) in [6, 6.07) is 23.5. The lowest BCUT2D eigenvalue weighted by Gasteiger charge is -2.30. The van der Waals surface area contributed by atoms with Crippen molar-refractivity contribution in [1.29, 1.82) is 0 Å². The highest BCUT2D eigenvalue weighted by molar-refractivity contribution is 7.07. The number of rotatable bonds is 3. The molecule has 4 aromatic rings. The summed E-state index contributed by atoms with van der Waals surface area (Å²) in [5, 5.41) is 9.93. The van der Waals surface area contributed by atoms with Crippen molar-refractivity contribution in [3.63, 3.8) is 0 Å². The van der Waals surface area contributed by atoms with Gasteiger partial charge in [0.05, 0.1) is 23.4 Å². The van der Waals surface area contributed by atoms with Crippen molar-refractivity contribution in [2.45, 2.75) is 18.9 Å². The summed E-state index contributed by atoms with van der Waals surface area (Å²) >= 11 is 1.39. The van der Waals surface area contributed by atoms with Gasteiger partial charge in [0.2, 0.25) is 0 Å². The SMILES string of the molecule is COc1cc(/C=c2\sc3n(c2=O)[C@H](c2ccccc2)C2=C(N=3)c3ccccc3CC2)ccc1O. The number of aromatic nitrogens is 1. The van der Waals surface area contributed by atoms with E-state index in [1.165, 1.54) is 29.6 Å². The number of hydrogen-bond acceptors (Lipinski definition) is 5. The summed E-state index contributed by atoms with van der Waals surface area (Å²) in [4.78, 5) is 19.5. The van der Waals surface area contributed by atoms with E-state index in [1.54, 1.807) is 18.2 Å². The molecule has 0 fully saturated rings. The fraction of sp³-hybridized carbons (Fsp3) is 0.143. The van der Waals surface area contributed by atoms with E-state index in [9.17, 15) is 9.90 Å². The molecule has 0 saturated heterocycles. The first-order valence-electron chi connectivity index (χ1n) is 11.2. The minimum Gasteiger partial charge on any atom is -0.504 e. The van der Waals surface area contributed by atoms with Gasteiger partial charge in [0, 0.05) is 5.56 Å².